The van der Waals surface area contributed by atoms with Crippen LogP contribution in [0, 0.1) is 0 Å². The fraction of sp³-hybridized carbons (Fsp3) is 0.412. The molecule has 1 aliphatic carbocycles. The van der Waals surface area contributed by atoms with Gasteiger partial charge in [0.25, 0.3) is 5.91 Å². The number of hydrogen-bond acceptors (Lipinski definition) is 3. The van der Waals surface area contributed by atoms with Crippen LogP contribution in [0.3, 0.4) is 0 Å². The maximum absolute atomic E-state index is 11.8. The molecule has 4 heteroatoms. The minimum absolute atomic E-state index is 0.0289. The van der Waals surface area contributed by atoms with Crippen LogP contribution in [0.5, 0.6) is 0 Å². The van der Waals surface area contributed by atoms with Gasteiger partial charge in [0, 0.05) is 6.42 Å². The second-order valence-corrected chi connectivity index (χ2v) is 5.02. The number of benzene rings is 1. The molecule has 0 saturated heterocycles. The van der Waals surface area contributed by atoms with E-state index >= 15 is 0 Å². The minimum Gasteiger partial charge on any atom is -0.488 e. The number of hydrazone groups is 1. The van der Waals surface area contributed by atoms with E-state index in [1.807, 2.05) is 37.3 Å². The summed E-state index contributed by atoms with van der Waals surface area (Å²) in [5.41, 5.74) is 4.45. The lowest BCUT2D eigenvalue weighted by molar-refractivity contribution is -0.124. The number of nitrogens with zero attached hydrogens (tertiary/aromatic N) is 1. The molecule has 0 fully saturated rings. The summed E-state index contributed by atoms with van der Waals surface area (Å²) in [6.45, 7) is 2.04. The van der Waals surface area contributed by atoms with Gasteiger partial charge in [-0.2, -0.15) is 5.10 Å². The molecule has 2 rings (SSSR count). The molecule has 1 aromatic carbocycles. The molecule has 0 atom stereocenters. The zero-order chi connectivity index (χ0) is 14.9. The Morgan fingerprint density at radius 2 is 2.10 bits per heavy atom. The summed E-state index contributed by atoms with van der Waals surface area (Å²) in [7, 11) is 0. The number of allylic oxidation sites excluding steroid dienone is 2. The molecule has 0 unspecified atom stereocenters. The highest BCUT2D eigenvalue weighted by Crippen LogP contribution is 2.17. The number of rotatable bonds is 6. The standard InChI is InChI=1S/C17H22N2O2/c1-2-16(14-9-5-3-6-10-14)18-19-17(20)13-21-15-11-7-4-8-12-15/h3,5-6,9-11H,2,4,7-8,12-13H2,1H3,(H,19,20)/b18-16-. The van der Waals surface area contributed by atoms with Gasteiger partial charge in [-0.3, -0.25) is 4.79 Å². The van der Waals surface area contributed by atoms with Crippen LogP contribution in [0.15, 0.2) is 47.3 Å². The zero-order valence-electron chi connectivity index (χ0n) is 12.5. The third-order valence-corrected chi connectivity index (χ3v) is 3.40. The Morgan fingerprint density at radius 1 is 1.29 bits per heavy atom. The summed E-state index contributed by atoms with van der Waals surface area (Å²) in [6.07, 6.45) is 7.15. The van der Waals surface area contributed by atoms with E-state index in [2.05, 4.69) is 16.6 Å². The summed E-state index contributed by atoms with van der Waals surface area (Å²) in [5, 5.41) is 4.19. The fourth-order valence-corrected chi connectivity index (χ4v) is 2.24. The third-order valence-electron chi connectivity index (χ3n) is 3.40. The zero-order valence-corrected chi connectivity index (χ0v) is 12.5. The van der Waals surface area contributed by atoms with E-state index in [0.29, 0.717) is 0 Å². The second-order valence-electron chi connectivity index (χ2n) is 5.02. The summed E-state index contributed by atoms with van der Waals surface area (Å²) in [6, 6.07) is 9.85. The molecule has 1 N–H and O–H groups in total. The van der Waals surface area contributed by atoms with E-state index in [9.17, 15) is 4.79 Å². The molecule has 1 amide bonds. The van der Waals surface area contributed by atoms with Crippen LogP contribution in [-0.2, 0) is 9.53 Å². The van der Waals surface area contributed by atoms with E-state index in [-0.39, 0.29) is 12.5 Å². The Balaban J connectivity index is 1.84. The number of amides is 1. The smallest absolute Gasteiger partial charge is 0.277 e. The topological polar surface area (TPSA) is 50.7 Å². The van der Waals surface area contributed by atoms with Crippen LogP contribution >= 0.6 is 0 Å². The van der Waals surface area contributed by atoms with Crippen molar-refractivity contribution in [2.75, 3.05) is 6.61 Å². The summed E-state index contributed by atoms with van der Waals surface area (Å²) in [4.78, 5) is 11.8. The predicted molar refractivity (Wildman–Crippen MR) is 83.9 cm³/mol. The largest absolute Gasteiger partial charge is 0.488 e. The van der Waals surface area contributed by atoms with E-state index < -0.39 is 0 Å². The summed E-state index contributed by atoms with van der Waals surface area (Å²) in [5.74, 6) is 0.711. The Morgan fingerprint density at radius 3 is 2.76 bits per heavy atom. The number of carbonyl (C=O) groups is 1. The lowest BCUT2D eigenvalue weighted by Gasteiger charge is -2.13. The van der Waals surface area contributed by atoms with Crippen LogP contribution in [0.2, 0.25) is 0 Å². The van der Waals surface area contributed by atoms with Gasteiger partial charge >= 0.3 is 0 Å². The Hall–Kier alpha value is -2.10. The quantitative estimate of drug-likeness (QED) is 0.643. The van der Waals surface area contributed by atoms with Gasteiger partial charge in [-0.25, -0.2) is 5.43 Å². The molecule has 0 radical (unpaired) electrons. The van der Waals surface area contributed by atoms with Crippen LogP contribution in [0.1, 0.15) is 44.6 Å². The van der Waals surface area contributed by atoms with Gasteiger partial charge in [0.05, 0.1) is 11.5 Å². The number of ether oxygens (including phenoxy) is 1. The van der Waals surface area contributed by atoms with Crippen molar-refractivity contribution in [1.29, 1.82) is 0 Å². The highest BCUT2D eigenvalue weighted by molar-refractivity contribution is 6.00. The van der Waals surface area contributed by atoms with E-state index in [1.165, 1.54) is 6.42 Å². The van der Waals surface area contributed by atoms with E-state index in [0.717, 1.165) is 42.7 Å². The van der Waals surface area contributed by atoms with Gasteiger partial charge in [0.2, 0.25) is 0 Å². The average Bonchev–Trinajstić information content (AvgIpc) is 2.55. The minimum atomic E-state index is -0.219. The highest BCUT2D eigenvalue weighted by atomic mass is 16.5. The number of hydrogen-bond donors (Lipinski definition) is 1. The van der Waals surface area contributed by atoms with Crippen LogP contribution < -0.4 is 5.43 Å². The van der Waals surface area contributed by atoms with Gasteiger partial charge in [0.15, 0.2) is 6.61 Å². The molecule has 0 spiro atoms. The van der Waals surface area contributed by atoms with E-state index in [4.69, 9.17) is 4.74 Å². The van der Waals surface area contributed by atoms with Gasteiger partial charge in [-0.05, 0) is 37.3 Å². The maximum Gasteiger partial charge on any atom is 0.277 e. The lowest BCUT2D eigenvalue weighted by Crippen LogP contribution is -2.24. The molecule has 0 saturated carbocycles. The summed E-state index contributed by atoms with van der Waals surface area (Å²) >= 11 is 0. The van der Waals surface area contributed by atoms with Crippen molar-refractivity contribution in [1.82, 2.24) is 5.43 Å². The molecule has 1 aliphatic rings. The van der Waals surface area contributed by atoms with Crippen molar-refractivity contribution >= 4 is 11.6 Å². The van der Waals surface area contributed by atoms with E-state index in [1.54, 1.807) is 0 Å². The normalized spacial score (nSPS) is 15.3. The molecule has 0 bridgehead atoms. The van der Waals surface area contributed by atoms with Gasteiger partial charge in [-0.15, -0.1) is 0 Å². The SMILES string of the molecule is CC/C(=N/NC(=O)COC1=CCCCC1)c1ccccc1. The Labute approximate surface area is 125 Å². The average molecular weight is 286 g/mol. The van der Waals surface area contributed by atoms with Crippen molar-refractivity contribution in [3.05, 3.63) is 47.7 Å². The van der Waals surface area contributed by atoms with Crippen molar-refractivity contribution in [2.24, 2.45) is 5.10 Å². The fourth-order valence-electron chi connectivity index (χ4n) is 2.24. The highest BCUT2D eigenvalue weighted by Gasteiger charge is 2.08. The van der Waals surface area contributed by atoms with Crippen LogP contribution in [0.4, 0.5) is 0 Å². The molecule has 112 valence electrons. The van der Waals surface area contributed by atoms with Crippen molar-refractivity contribution in [3.8, 4) is 0 Å². The second kappa shape index (κ2) is 8.25. The van der Waals surface area contributed by atoms with Crippen molar-refractivity contribution in [3.63, 3.8) is 0 Å². The molecule has 0 aliphatic heterocycles. The molecular formula is C17H22N2O2. The van der Waals surface area contributed by atoms with Gasteiger partial charge in [-0.1, -0.05) is 37.3 Å². The Kier molecular flexibility index (Phi) is 6.00. The van der Waals surface area contributed by atoms with Crippen LogP contribution in [-0.4, -0.2) is 18.2 Å². The molecule has 0 heterocycles. The third kappa shape index (κ3) is 5.06. The van der Waals surface area contributed by atoms with Crippen molar-refractivity contribution in [2.45, 2.75) is 39.0 Å². The van der Waals surface area contributed by atoms with Gasteiger partial charge in [0.1, 0.15) is 0 Å². The molecule has 21 heavy (non-hydrogen) atoms. The van der Waals surface area contributed by atoms with Crippen LogP contribution in [0.25, 0.3) is 0 Å². The Bertz CT molecular complexity index is 521. The maximum atomic E-state index is 11.8. The summed E-state index contributed by atoms with van der Waals surface area (Å²) < 4.78 is 5.50. The first-order chi connectivity index (χ1) is 10.3. The molecule has 4 nitrogen and oxygen atoms in total. The van der Waals surface area contributed by atoms with Crippen molar-refractivity contribution < 1.29 is 9.53 Å². The lowest BCUT2D eigenvalue weighted by atomic mass is 10.1. The number of carbonyl (C=O) groups excluding carboxylic acids is 1. The predicted octanol–water partition coefficient (Wildman–Crippen LogP) is 3.39. The first kappa shape index (κ1) is 15.3. The first-order valence-corrected chi connectivity index (χ1v) is 7.52. The molecule has 1 aromatic rings. The number of nitrogens with one attached hydrogen (secondary N) is 1. The van der Waals surface area contributed by atoms with Gasteiger partial charge < -0.3 is 4.74 Å². The molecule has 0 aromatic heterocycles. The molecular weight excluding hydrogens is 264 g/mol. The monoisotopic (exact) mass is 286 g/mol. The first-order valence-electron chi connectivity index (χ1n) is 7.52.